The topological polar surface area (TPSA) is 35.0 Å². The first-order valence-electron chi connectivity index (χ1n) is 4.69. The lowest BCUT2D eigenvalue weighted by Crippen LogP contribution is -1.98. The third kappa shape index (κ3) is 3.73. The molecule has 0 aliphatic heterocycles. The van der Waals surface area contributed by atoms with Crippen molar-refractivity contribution >= 4 is 34.8 Å². The molecule has 0 atom stereocenters. The molecule has 0 N–H and O–H groups in total. The van der Waals surface area contributed by atoms with Crippen LogP contribution < -0.4 is 4.74 Å². The third-order valence-corrected chi connectivity index (χ3v) is 2.53. The van der Waals surface area contributed by atoms with E-state index in [0.29, 0.717) is 26.6 Å². The molecule has 2 aromatic rings. The second-order valence-corrected chi connectivity index (χ2v) is 4.48. The lowest BCUT2D eigenvalue weighted by Gasteiger charge is -2.06. The maximum absolute atomic E-state index is 5.84. The van der Waals surface area contributed by atoms with Crippen molar-refractivity contribution in [2.75, 3.05) is 0 Å². The fourth-order valence-corrected chi connectivity index (χ4v) is 1.79. The Morgan fingerprint density at radius 3 is 2.24 bits per heavy atom. The highest BCUT2D eigenvalue weighted by Gasteiger charge is 2.01. The molecule has 3 nitrogen and oxygen atoms in total. The molecule has 1 aromatic carbocycles. The molecule has 0 amide bonds. The van der Waals surface area contributed by atoms with Crippen molar-refractivity contribution in [1.29, 1.82) is 0 Å². The van der Waals surface area contributed by atoms with Crippen LogP contribution in [0.2, 0.25) is 15.2 Å². The molecule has 0 saturated heterocycles. The molecule has 2 rings (SSSR count). The lowest BCUT2D eigenvalue weighted by atomic mass is 10.3. The Bertz CT molecular complexity index is 496. The number of hydrogen-bond donors (Lipinski definition) is 0. The molecule has 88 valence electrons. The van der Waals surface area contributed by atoms with E-state index >= 15 is 0 Å². The smallest absolute Gasteiger partial charge is 0.147 e. The van der Waals surface area contributed by atoms with Crippen molar-refractivity contribution in [1.82, 2.24) is 9.97 Å². The van der Waals surface area contributed by atoms with E-state index in [4.69, 9.17) is 39.5 Å². The summed E-state index contributed by atoms with van der Waals surface area (Å²) in [6.45, 7) is 0.279. The second-order valence-electron chi connectivity index (χ2n) is 3.22. The van der Waals surface area contributed by atoms with Crippen molar-refractivity contribution in [3.05, 3.63) is 51.5 Å². The minimum absolute atomic E-state index is 0.279. The van der Waals surface area contributed by atoms with E-state index in [1.165, 1.54) is 6.20 Å². The molecule has 1 heterocycles. The molecule has 0 saturated carbocycles. The molecular formula is C11H7Cl3N2O. The molecule has 0 fully saturated rings. The van der Waals surface area contributed by atoms with Crippen LogP contribution in [-0.2, 0) is 6.61 Å². The monoisotopic (exact) mass is 288 g/mol. The Morgan fingerprint density at radius 1 is 0.941 bits per heavy atom. The summed E-state index contributed by atoms with van der Waals surface area (Å²) in [5.41, 5.74) is 0.672. The van der Waals surface area contributed by atoms with Gasteiger partial charge in [0.25, 0.3) is 0 Å². The molecule has 1 aromatic heterocycles. The summed E-state index contributed by atoms with van der Waals surface area (Å²) >= 11 is 17.3. The molecule has 0 radical (unpaired) electrons. The number of rotatable bonds is 3. The summed E-state index contributed by atoms with van der Waals surface area (Å²) in [4.78, 5) is 7.95. The molecule has 0 spiro atoms. The zero-order valence-electron chi connectivity index (χ0n) is 8.53. The number of hydrogen-bond acceptors (Lipinski definition) is 3. The van der Waals surface area contributed by atoms with Gasteiger partial charge in [0, 0.05) is 10.0 Å². The Balaban J connectivity index is 2.04. The highest BCUT2D eigenvalue weighted by molar-refractivity contribution is 6.34. The van der Waals surface area contributed by atoms with Crippen LogP contribution in [0.4, 0.5) is 0 Å². The quantitative estimate of drug-likeness (QED) is 0.856. The third-order valence-electron chi connectivity index (χ3n) is 1.90. The van der Waals surface area contributed by atoms with Crippen LogP contribution in [-0.4, -0.2) is 9.97 Å². The average molecular weight is 290 g/mol. The van der Waals surface area contributed by atoms with Crippen LogP contribution in [0, 0.1) is 0 Å². The van der Waals surface area contributed by atoms with Gasteiger partial charge in [0.1, 0.15) is 17.5 Å². The molecule has 0 unspecified atom stereocenters. The highest BCUT2D eigenvalue weighted by Crippen LogP contribution is 2.24. The summed E-state index contributed by atoms with van der Waals surface area (Å²) in [7, 11) is 0. The summed E-state index contributed by atoms with van der Waals surface area (Å²) in [6, 6.07) is 4.99. The van der Waals surface area contributed by atoms with Gasteiger partial charge in [-0.1, -0.05) is 34.8 Å². The molecule has 17 heavy (non-hydrogen) atoms. The Labute approximate surface area is 113 Å². The predicted octanol–water partition coefficient (Wildman–Crippen LogP) is 4.02. The maximum Gasteiger partial charge on any atom is 0.147 e. The number of aromatic nitrogens is 2. The fourth-order valence-electron chi connectivity index (χ4n) is 1.18. The minimum atomic E-state index is 0.279. The summed E-state index contributed by atoms with van der Waals surface area (Å²) < 4.78 is 5.48. The van der Waals surface area contributed by atoms with Crippen molar-refractivity contribution in [3.8, 4) is 5.75 Å². The van der Waals surface area contributed by atoms with Gasteiger partial charge in [-0.15, -0.1) is 0 Å². The molecular weight excluding hydrogens is 282 g/mol. The van der Waals surface area contributed by atoms with Crippen LogP contribution >= 0.6 is 34.8 Å². The summed E-state index contributed by atoms with van der Waals surface area (Å²) in [5, 5.41) is 1.39. The number of nitrogens with zero attached hydrogens (tertiary/aromatic N) is 2. The standard InChI is InChI=1S/C11H7Cl3N2O/c12-7-1-8(13)3-10(2-7)17-6-9-4-16-11(14)5-15-9/h1-5H,6H2. The van der Waals surface area contributed by atoms with Gasteiger partial charge in [-0.05, 0) is 18.2 Å². The minimum Gasteiger partial charge on any atom is -0.487 e. The van der Waals surface area contributed by atoms with Crippen LogP contribution in [0.25, 0.3) is 0 Å². The van der Waals surface area contributed by atoms with Crippen molar-refractivity contribution < 1.29 is 4.74 Å². The van der Waals surface area contributed by atoms with Crippen LogP contribution in [0.1, 0.15) is 5.69 Å². The number of halogens is 3. The Morgan fingerprint density at radius 2 is 1.65 bits per heavy atom. The van der Waals surface area contributed by atoms with Gasteiger partial charge in [-0.3, -0.25) is 4.98 Å². The van der Waals surface area contributed by atoms with Crippen molar-refractivity contribution in [2.45, 2.75) is 6.61 Å². The normalized spacial score (nSPS) is 10.3. The van der Waals surface area contributed by atoms with E-state index in [2.05, 4.69) is 9.97 Å². The van der Waals surface area contributed by atoms with Gasteiger partial charge in [0.2, 0.25) is 0 Å². The first-order valence-corrected chi connectivity index (χ1v) is 5.82. The predicted molar refractivity (Wildman–Crippen MR) is 67.8 cm³/mol. The maximum atomic E-state index is 5.84. The largest absolute Gasteiger partial charge is 0.487 e. The zero-order valence-corrected chi connectivity index (χ0v) is 10.8. The fraction of sp³-hybridized carbons (Fsp3) is 0.0909. The SMILES string of the molecule is Clc1cc(Cl)cc(OCc2cnc(Cl)cn2)c1. The van der Waals surface area contributed by atoms with Gasteiger partial charge in [0.05, 0.1) is 18.1 Å². The van der Waals surface area contributed by atoms with Gasteiger partial charge < -0.3 is 4.74 Å². The van der Waals surface area contributed by atoms with E-state index in [1.54, 1.807) is 24.4 Å². The lowest BCUT2D eigenvalue weighted by molar-refractivity contribution is 0.301. The van der Waals surface area contributed by atoms with Crippen molar-refractivity contribution in [2.24, 2.45) is 0 Å². The number of benzene rings is 1. The van der Waals surface area contributed by atoms with E-state index in [-0.39, 0.29) is 6.61 Å². The van der Waals surface area contributed by atoms with Crippen LogP contribution in [0.3, 0.4) is 0 Å². The molecule has 0 bridgehead atoms. The van der Waals surface area contributed by atoms with Gasteiger partial charge in [0.15, 0.2) is 0 Å². The second kappa shape index (κ2) is 5.54. The van der Waals surface area contributed by atoms with Crippen molar-refractivity contribution in [3.63, 3.8) is 0 Å². The van der Waals surface area contributed by atoms with Crippen LogP contribution in [0.15, 0.2) is 30.6 Å². The van der Waals surface area contributed by atoms with E-state index < -0.39 is 0 Å². The van der Waals surface area contributed by atoms with Gasteiger partial charge in [-0.25, -0.2) is 4.98 Å². The molecule has 0 aliphatic rings. The summed E-state index contributed by atoms with van der Waals surface area (Å²) in [6.07, 6.45) is 3.01. The summed E-state index contributed by atoms with van der Waals surface area (Å²) in [5.74, 6) is 0.583. The van der Waals surface area contributed by atoms with E-state index in [1.807, 2.05) is 0 Å². The average Bonchev–Trinajstić information content (AvgIpc) is 2.27. The van der Waals surface area contributed by atoms with E-state index in [0.717, 1.165) is 0 Å². The molecule has 0 aliphatic carbocycles. The Hall–Kier alpha value is -1.03. The van der Waals surface area contributed by atoms with Crippen LogP contribution in [0.5, 0.6) is 5.75 Å². The highest BCUT2D eigenvalue weighted by atomic mass is 35.5. The van der Waals surface area contributed by atoms with Gasteiger partial charge in [-0.2, -0.15) is 0 Å². The first kappa shape index (κ1) is 12.4. The van der Waals surface area contributed by atoms with Gasteiger partial charge >= 0.3 is 0 Å². The number of ether oxygens (including phenoxy) is 1. The Kier molecular flexibility index (Phi) is 4.05. The van der Waals surface area contributed by atoms with E-state index in [9.17, 15) is 0 Å². The zero-order chi connectivity index (χ0) is 12.3. The first-order chi connectivity index (χ1) is 8.13. The molecule has 6 heteroatoms.